The number of anilines is 1. The monoisotopic (exact) mass is 262 g/mol. The van der Waals surface area contributed by atoms with Gasteiger partial charge in [-0.2, -0.15) is 0 Å². The maximum Gasteiger partial charge on any atom is 0.228 e. The highest BCUT2D eigenvalue weighted by atomic mass is 16.3. The molecular formula is C15H22N2O2. The summed E-state index contributed by atoms with van der Waals surface area (Å²) < 4.78 is 0. The van der Waals surface area contributed by atoms with E-state index in [1.807, 2.05) is 43.9 Å². The second kappa shape index (κ2) is 5.11. The Bertz CT molecular complexity index is 457. The Balaban J connectivity index is 2.00. The first kappa shape index (κ1) is 13.7. The summed E-state index contributed by atoms with van der Waals surface area (Å²) in [5.74, 6) is 0.502. The maximum atomic E-state index is 12.2. The number of phenols is 1. The number of carbonyl (C=O) groups is 1. The van der Waals surface area contributed by atoms with Gasteiger partial charge in [0.15, 0.2) is 0 Å². The molecule has 1 amide bonds. The van der Waals surface area contributed by atoms with Crippen LogP contribution in [0.2, 0.25) is 0 Å². The van der Waals surface area contributed by atoms with Crippen LogP contribution >= 0.6 is 0 Å². The molecule has 1 aromatic carbocycles. The van der Waals surface area contributed by atoms with Crippen LogP contribution in [0, 0.1) is 5.41 Å². The first-order chi connectivity index (χ1) is 8.89. The predicted molar refractivity (Wildman–Crippen MR) is 76.4 cm³/mol. The molecule has 0 radical (unpaired) electrons. The number of benzene rings is 1. The van der Waals surface area contributed by atoms with Crippen LogP contribution in [0.3, 0.4) is 0 Å². The molecule has 4 heteroatoms. The smallest absolute Gasteiger partial charge is 0.228 e. The van der Waals surface area contributed by atoms with Crippen molar-refractivity contribution in [2.75, 3.05) is 31.1 Å². The van der Waals surface area contributed by atoms with Gasteiger partial charge in [0.1, 0.15) is 5.75 Å². The Hall–Kier alpha value is -1.71. The van der Waals surface area contributed by atoms with Gasteiger partial charge in [-0.3, -0.25) is 4.79 Å². The summed E-state index contributed by atoms with van der Waals surface area (Å²) in [6.07, 6.45) is 0. The number of rotatable bonds is 1. The molecule has 0 unspecified atom stereocenters. The number of carbonyl (C=O) groups excluding carboxylic acids is 1. The number of aromatic hydroxyl groups is 1. The summed E-state index contributed by atoms with van der Waals surface area (Å²) in [5.41, 5.74) is 0.530. The molecule has 1 N–H and O–H groups in total. The van der Waals surface area contributed by atoms with E-state index < -0.39 is 0 Å². The lowest BCUT2D eigenvalue weighted by molar-refractivity contribution is -0.139. The quantitative estimate of drug-likeness (QED) is 0.842. The molecule has 2 rings (SSSR count). The first-order valence-corrected chi connectivity index (χ1v) is 6.72. The van der Waals surface area contributed by atoms with E-state index in [1.165, 1.54) is 0 Å². The standard InChI is InChI=1S/C15H22N2O2/c1-15(2,3)14(19)17-10-8-16(9-11-17)12-6-4-5-7-13(12)18/h4-7,18H,8-11H2,1-3H3. The minimum atomic E-state index is -0.322. The third-order valence-corrected chi connectivity index (χ3v) is 3.43. The van der Waals surface area contributed by atoms with E-state index in [2.05, 4.69) is 4.90 Å². The van der Waals surface area contributed by atoms with Crippen LogP contribution in [-0.4, -0.2) is 42.1 Å². The van der Waals surface area contributed by atoms with Gasteiger partial charge in [-0.25, -0.2) is 0 Å². The Labute approximate surface area is 114 Å². The molecule has 104 valence electrons. The zero-order valence-corrected chi connectivity index (χ0v) is 11.9. The molecular weight excluding hydrogens is 240 g/mol. The van der Waals surface area contributed by atoms with Crippen LogP contribution in [0.15, 0.2) is 24.3 Å². The zero-order valence-electron chi connectivity index (χ0n) is 11.9. The van der Waals surface area contributed by atoms with Crippen molar-refractivity contribution in [1.82, 2.24) is 4.90 Å². The number of para-hydroxylation sites is 2. The van der Waals surface area contributed by atoms with E-state index in [4.69, 9.17) is 0 Å². The van der Waals surface area contributed by atoms with Gasteiger partial charge >= 0.3 is 0 Å². The van der Waals surface area contributed by atoms with E-state index in [0.29, 0.717) is 18.8 Å². The number of amides is 1. The summed E-state index contributed by atoms with van der Waals surface area (Å²) in [4.78, 5) is 16.2. The van der Waals surface area contributed by atoms with Crippen molar-refractivity contribution in [2.24, 2.45) is 5.41 Å². The van der Waals surface area contributed by atoms with Gasteiger partial charge in [-0.05, 0) is 12.1 Å². The summed E-state index contributed by atoms with van der Waals surface area (Å²) in [5, 5.41) is 9.84. The Kier molecular flexibility index (Phi) is 3.69. The lowest BCUT2D eigenvalue weighted by atomic mass is 9.94. The molecule has 19 heavy (non-hydrogen) atoms. The molecule has 1 aromatic rings. The Morgan fingerprint density at radius 2 is 1.68 bits per heavy atom. The molecule has 0 aliphatic carbocycles. The average molecular weight is 262 g/mol. The van der Waals surface area contributed by atoms with Crippen molar-refractivity contribution in [3.63, 3.8) is 0 Å². The molecule has 0 spiro atoms. The molecule has 1 aliphatic heterocycles. The molecule has 0 bridgehead atoms. The topological polar surface area (TPSA) is 43.8 Å². The number of nitrogens with zero attached hydrogens (tertiary/aromatic N) is 2. The van der Waals surface area contributed by atoms with Crippen LogP contribution < -0.4 is 4.90 Å². The largest absolute Gasteiger partial charge is 0.506 e. The molecule has 0 aromatic heterocycles. The molecule has 1 saturated heterocycles. The number of phenolic OH excluding ortho intramolecular Hbond substituents is 1. The lowest BCUT2D eigenvalue weighted by Gasteiger charge is -2.38. The number of piperazine rings is 1. The van der Waals surface area contributed by atoms with Gasteiger partial charge in [0.2, 0.25) is 5.91 Å². The molecule has 4 nitrogen and oxygen atoms in total. The molecule has 1 fully saturated rings. The van der Waals surface area contributed by atoms with Gasteiger partial charge in [-0.15, -0.1) is 0 Å². The van der Waals surface area contributed by atoms with Crippen molar-refractivity contribution in [1.29, 1.82) is 0 Å². The van der Waals surface area contributed by atoms with Crippen LogP contribution in [0.25, 0.3) is 0 Å². The normalized spacial score (nSPS) is 16.6. The minimum absolute atomic E-state index is 0.199. The van der Waals surface area contributed by atoms with Crippen LogP contribution in [-0.2, 0) is 4.79 Å². The van der Waals surface area contributed by atoms with Crippen molar-refractivity contribution in [3.8, 4) is 5.75 Å². The van der Waals surface area contributed by atoms with Crippen LogP contribution in [0.5, 0.6) is 5.75 Å². The maximum absolute atomic E-state index is 12.2. The van der Waals surface area contributed by atoms with Gasteiger partial charge in [0, 0.05) is 31.6 Å². The Morgan fingerprint density at radius 1 is 1.11 bits per heavy atom. The van der Waals surface area contributed by atoms with E-state index in [0.717, 1.165) is 18.8 Å². The van der Waals surface area contributed by atoms with Gasteiger partial charge < -0.3 is 14.9 Å². The van der Waals surface area contributed by atoms with Crippen molar-refractivity contribution >= 4 is 11.6 Å². The molecule has 0 atom stereocenters. The van der Waals surface area contributed by atoms with E-state index in [-0.39, 0.29) is 11.3 Å². The zero-order chi connectivity index (χ0) is 14.0. The second-order valence-electron chi connectivity index (χ2n) is 6.02. The van der Waals surface area contributed by atoms with Crippen molar-refractivity contribution in [2.45, 2.75) is 20.8 Å². The van der Waals surface area contributed by atoms with Crippen molar-refractivity contribution in [3.05, 3.63) is 24.3 Å². The first-order valence-electron chi connectivity index (χ1n) is 6.72. The molecule has 0 saturated carbocycles. The summed E-state index contributed by atoms with van der Waals surface area (Å²) in [6.45, 7) is 8.80. The fraction of sp³-hybridized carbons (Fsp3) is 0.533. The highest BCUT2D eigenvalue weighted by Crippen LogP contribution is 2.28. The van der Waals surface area contributed by atoms with Gasteiger partial charge in [0.05, 0.1) is 5.69 Å². The van der Waals surface area contributed by atoms with Crippen LogP contribution in [0.1, 0.15) is 20.8 Å². The molecule has 1 aliphatic rings. The van der Waals surface area contributed by atoms with Crippen molar-refractivity contribution < 1.29 is 9.90 Å². The average Bonchev–Trinajstić information content (AvgIpc) is 2.38. The van der Waals surface area contributed by atoms with Gasteiger partial charge in [-0.1, -0.05) is 32.9 Å². The fourth-order valence-electron chi connectivity index (χ4n) is 2.36. The second-order valence-corrected chi connectivity index (χ2v) is 6.02. The van der Waals surface area contributed by atoms with Gasteiger partial charge in [0.25, 0.3) is 0 Å². The number of hydrogen-bond donors (Lipinski definition) is 1. The molecule has 1 heterocycles. The SMILES string of the molecule is CC(C)(C)C(=O)N1CCN(c2ccccc2O)CC1. The lowest BCUT2D eigenvalue weighted by Crippen LogP contribution is -2.51. The summed E-state index contributed by atoms with van der Waals surface area (Å²) >= 11 is 0. The third-order valence-electron chi connectivity index (χ3n) is 3.43. The summed E-state index contributed by atoms with van der Waals surface area (Å²) in [6, 6.07) is 7.35. The summed E-state index contributed by atoms with van der Waals surface area (Å²) in [7, 11) is 0. The van der Waals surface area contributed by atoms with E-state index >= 15 is 0 Å². The fourth-order valence-corrected chi connectivity index (χ4v) is 2.36. The third kappa shape index (κ3) is 3.00. The predicted octanol–water partition coefficient (Wildman–Crippen LogP) is 2.09. The minimum Gasteiger partial charge on any atom is -0.506 e. The highest BCUT2D eigenvalue weighted by molar-refractivity contribution is 5.81. The van der Waals surface area contributed by atoms with Crippen LogP contribution in [0.4, 0.5) is 5.69 Å². The van der Waals surface area contributed by atoms with E-state index in [1.54, 1.807) is 6.07 Å². The van der Waals surface area contributed by atoms with E-state index in [9.17, 15) is 9.90 Å². The number of hydrogen-bond acceptors (Lipinski definition) is 3. The highest BCUT2D eigenvalue weighted by Gasteiger charge is 2.30. The Morgan fingerprint density at radius 3 is 2.21 bits per heavy atom.